The molecule has 1 aliphatic heterocycles. The summed E-state index contributed by atoms with van der Waals surface area (Å²) in [5, 5.41) is 5.39. The third-order valence-electron chi connectivity index (χ3n) is 7.00. The molecule has 1 atom stereocenters. The standard InChI is InChI=1S/C35H38N2O2/c1-6-12-31(8-3)39-35(38)29-15-10-14-27(22-29)26(7-2)21-30-23-28(19-18-24(30)4)32-16-11-20-36-34(32)33-17-9-13-25(5)37-33/h7,9-11,13-15,17-23,31,36H,4,6,8,12,16H2,1-3,5H3/b26-7+,30-21-/t31-/m0/s1. The second-order valence-electron chi connectivity index (χ2n) is 9.88. The molecule has 200 valence electrons. The van der Waals surface area contributed by atoms with Gasteiger partial charge in [0.15, 0.2) is 0 Å². The maximum absolute atomic E-state index is 12.9. The molecule has 4 heteroatoms. The van der Waals surface area contributed by atoms with Crippen LogP contribution in [-0.4, -0.2) is 17.1 Å². The molecule has 2 heterocycles. The topological polar surface area (TPSA) is 51.2 Å². The van der Waals surface area contributed by atoms with Gasteiger partial charge in [-0.2, -0.15) is 0 Å². The first kappa shape index (κ1) is 27.8. The lowest BCUT2D eigenvalue weighted by atomic mass is 9.95. The summed E-state index contributed by atoms with van der Waals surface area (Å²) in [6.45, 7) is 12.5. The lowest BCUT2D eigenvalue weighted by Crippen LogP contribution is -2.24. The summed E-state index contributed by atoms with van der Waals surface area (Å²) in [5.41, 5.74) is 7.80. The van der Waals surface area contributed by atoms with Gasteiger partial charge in [-0.1, -0.05) is 69.3 Å². The minimum Gasteiger partial charge on any atom is -0.459 e. The van der Waals surface area contributed by atoms with Crippen LogP contribution in [0.15, 0.2) is 79.0 Å². The van der Waals surface area contributed by atoms with Crippen molar-refractivity contribution in [2.24, 2.45) is 0 Å². The summed E-state index contributed by atoms with van der Waals surface area (Å²) in [6.07, 6.45) is 11.8. The van der Waals surface area contributed by atoms with Crippen LogP contribution in [0.1, 0.15) is 79.3 Å². The predicted molar refractivity (Wildman–Crippen MR) is 163 cm³/mol. The minimum atomic E-state index is -0.269. The molecule has 2 aromatic carbocycles. The van der Waals surface area contributed by atoms with Crippen molar-refractivity contribution in [2.45, 2.75) is 59.5 Å². The number of esters is 1. The van der Waals surface area contributed by atoms with E-state index in [-0.39, 0.29) is 12.1 Å². The number of aryl methyl sites for hydroxylation is 1. The predicted octanol–water partition coefficient (Wildman–Crippen LogP) is 6.80. The van der Waals surface area contributed by atoms with E-state index in [0.717, 1.165) is 69.9 Å². The molecule has 1 N–H and O–H groups in total. The maximum atomic E-state index is 12.9. The first-order valence-electron chi connectivity index (χ1n) is 13.8. The highest BCUT2D eigenvalue weighted by atomic mass is 16.5. The molecule has 0 saturated heterocycles. The van der Waals surface area contributed by atoms with Crippen LogP contribution >= 0.6 is 0 Å². The van der Waals surface area contributed by atoms with E-state index in [2.05, 4.69) is 62.2 Å². The number of aromatic nitrogens is 1. The average molecular weight is 519 g/mol. The van der Waals surface area contributed by atoms with E-state index in [1.165, 1.54) is 5.57 Å². The van der Waals surface area contributed by atoms with Crippen molar-refractivity contribution in [3.63, 3.8) is 0 Å². The molecule has 0 radical (unpaired) electrons. The molecule has 3 aromatic rings. The molecule has 39 heavy (non-hydrogen) atoms. The summed E-state index contributed by atoms with van der Waals surface area (Å²) in [6, 6.07) is 20.1. The Morgan fingerprint density at radius 2 is 1.90 bits per heavy atom. The van der Waals surface area contributed by atoms with Gasteiger partial charge in [-0.15, -0.1) is 0 Å². The van der Waals surface area contributed by atoms with Gasteiger partial charge in [0, 0.05) is 5.69 Å². The summed E-state index contributed by atoms with van der Waals surface area (Å²) in [4.78, 5) is 17.6. The number of ether oxygens (including phenoxy) is 1. The SMILES string of the molecule is C=c1ccc(C2=C(c3cccc(C)n3)NC=CC2)c/c1=C/C(=C\C)c1cccc(C(=O)O[C@@H](CC)CCC)c1. The number of pyridine rings is 1. The third kappa shape index (κ3) is 6.83. The molecule has 0 saturated carbocycles. The summed E-state index contributed by atoms with van der Waals surface area (Å²) in [5.74, 6) is -0.269. The van der Waals surface area contributed by atoms with Gasteiger partial charge < -0.3 is 10.1 Å². The molecule has 0 unspecified atom stereocenters. The molecule has 0 spiro atoms. The highest BCUT2D eigenvalue weighted by Crippen LogP contribution is 2.29. The number of rotatable bonds is 9. The first-order valence-corrected chi connectivity index (χ1v) is 13.8. The van der Waals surface area contributed by atoms with Crippen LogP contribution in [0.2, 0.25) is 0 Å². The fraction of sp³-hybridized carbons (Fsp3) is 0.257. The lowest BCUT2D eigenvalue weighted by Gasteiger charge is -2.18. The van der Waals surface area contributed by atoms with Crippen molar-refractivity contribution in [3.05, 3.63) is 118 Å². The quantitative estimate of drug-likeness (QED) is 0.317. The monoisotopic (exact) mass is 518 g/mol. The minimum absolute atomic E-state index is 0.0475. The molecule has 1 aliphatic rings. The van der Waals surface area contributed by atoms with Crippen molar-refractivity contribution < 1.29 is 9.53 Å². The lowest BCUT2D eigenvalue weighted by molar-refractivity contribution is 0.0271. The largest absolute Gasteiger partial charge is 0.459 e. The van der Waals surface area contributed by atoms with Crippen LogP contribution in [-0.2, 0) is 4.74 Å². The summed E-state index contributed by atoms with van der Waals surface area (Å²) >= 11 is 0. The number of nitrogens with zero attached hydrogens (tertiary/aromatic N) is 1. The van der Waals surface area contributed by atoms with Crippen molar-refractivity contribution in [1.82, 2.24) is 10.3 Å². The molecule has 0 fully saturated rings. The number of dihydropyridines is 1. The smallest absolute Gasteiger partial charge is 0.338 e. The molecule has 0 amide bonds. The Kier molecular flexibility index (Phi) is 9.32. The van der Waals surface area contributed by atoms with Gasteiger partial charge in [0.05, 0.1) is 17.0 Å². The van der Waals surface area contributed by atoms with Gasteiger partial charge in [-0.25, -0.2) is 4.79 Å². The van der Waals surface area contributed by atoms with Crippen LogP contribution in [0, 0.1) is 6.92 Å². The number of benzene rings is 2. The van der Waals surface area contributed by atoms with Crippen molar-refractivity contribution in [1.29, 1.82) is 0 Å². The van der Waals surface area contributed by atoms with E-state index in [4.69, 9.17) is 9.72 Å². The van der Waals surface area contributed by atoms with Gasteiger partial charge in [0.2, 0.25) is 0 Å². The number of carbonyl (C=O) groups is 1. The van der Waals surface area contributed by atoms with E-state index < -0.39 is 0 Å². The van der Waals surface area contributed by atoms with Crippen molar-refractivity contribution in [2.75, 3.05) is 0 Å². The van der Waals surface area contributed by atoms with Crippen molar-refractivity contribution in [3.8, 4) is 0 Å². The van der Waals surface area contributed by atoms with E-state index in [9.17, 15) is 4.79 Å². The molecule has 4 nitrogen and oxygen atoms in total. The zero-order chi connectivity index (χ0) is 27.8. The fourth-order valence-corrected chi connectivity index (χ4v) is 4.81. The van der Waals surface area contributed by atoms with Gasteiger partial charge in [-0.05, 0) is 108 Å². The number of allylic oxidation sites excluding steroid dienone is 4. The van der Waals surface area contributed by atoms with E-state index >= 15 is 0 Å². The van der Waals surface area contributed by atoms with Gasteiger partial charge in [0.25, 0.3) is 0 Å². The fourth-order valence-electron chi connectivity index (χ4n) is 4.81. The number of nitrogens with one attached hydrogen (secondary N) is 1. The Morgan fingerprint density at radius 1 is 1.10 bits per heavy atom. The van der Waals surface area contributed by atoms with Gasteiger partial charge >= 0.3 is 5.97 Å². The molecule has 4 rings (SSSR count). The summed E-state index contributed by atoms with van der Waals surface area (Å²) in [7, 11) is 0. The Hall–Kier alpha value is -4.18. The van der Waals surface area contributed by atoms with Crippen LogP contribution < -0.4 is 15.8 Å². The number of carbonyl (C=O) groups excluding carboxylic acids is 1. The van der Waals surface area contributed by atoms with E-state index in [1.54, 1.807) is 0 Å². The second kappa shape index (κ2) is 13.1. The number of hydrogen-bond acceptors (Lipinski definition) is 4. The van der Waals surface area contributed by atoms with Gasteiger partial charge in [-0.3, -0.25) is 4.98 Å². The Balaban J connectivity index is 1.70. The Morgan fingerprint density at radius 3 is 2.64 bits per heavy atom. The number of hydrogen-bond donors (Lipinski definition) is 1. The zero-order valence-electron chi connectivity index (χ0n) is 23.5. The second-order valence-corrected chi connectivity index (χ2v) is 9.88. The van der Waals surface area contributed by atoms with E-state index in [0.29, 0.717) is 5.56 Å². The molecular formula is C35H38N2O2. The zero-order valence-corrected chi connectivity index (χ0v) is 23.5. The van der Waals surface area contributed by atoms with Crippen LogP contribution in [0.5, 0.6) is 0 Å². The Labute approximate surface area is 232 Å². The molecule has 1 aromatic heterocycles. The Bertz CT molecular complexity index is 1540. The highest BCUT2D eigenvalue weighted by Gasteiger charge is 2.16. The van der Waals surface area contributed by atoms with Crippen molar-refractivity contribution >= 4 is 35.5 Å². The maximum Gasteiger partial charge on any atom is 0.338 e. The third-order valence-corrected chi connectivity index (χ3v) is 7.00. The summed E-state index contributed by atoms with van der Waals surface area (Å²) < 4.78 is 5.77. The highest BCUT2D eigenvalue weighted by molar-refractivity contribution is 5.94. The van der Waals surface area contributed by atoms with Crippen LogP contribution in [0.25, 0.3) is 29.5 Å². The average Bonchev–Trinajstić information content (AvgIpc) is 2.96. The van der Waals surface area contributed by atoms with Crippen LogP contribution in [0.3, 0.4) is 0 Å². The van der Waals surface area contributed by atoms with Gasteiger partial charge in [0.1, 0.15) is 6.10 Å². The van der Waals surface area contributed by atoms with E-state index in [1.807, 2.05) is 62.5 Å². The van der Waals surface area contributed by atoms with Crippen LogP contribution in [0.4, 0.5) is 0 Å². The first-order chi connectivity index (χ1) is 18.9. The molecule has 0 aliphatic carbocycles. The molecule has 0 bridgehead atoms. The normalized spacial score (nSPS) is 14.8. The molecular weight excluding hydrogens is 480 g/mol.